The molecule has 0 aromatic heterocycles. The lowest BCUT2D eigenvalue weighted by molar-refractivity contribution is -0.386. The molecular weight excluding hydrogens is 356 g/mol. The van der Waals surface area contributed by atoms with Crippen LogP contribution in [-0.4, -0.2) is 83.1 Å². The molecule has 1 aromatic rings. The van der Waals surface area contributed by atoms with Gasteiger partial charge in [0, 0.05) is 51.9 Å². The summed E-state index contributed by atoms with van der Waals surface area (Å²) in [5.41, 5.74) is -0.0486. The molecule has 1 N–H and O–H groups in total. The van der Waals surface area contributed by atoms with Gasteiger partial charge >= 0.3 is 17.7 Å². The first kappa shape index (κ1) is 20.4. The van der Waals surface area contributed by atoms with E-state index in [-0.39, 0.29) is 31.4 Å². The van der Waals surface area contributed by atoms with E-state index in [2.05, 4.69) is 0 Å². The van der Waals surface area contributed by atoms with Crippen molar-refractivity contribution in [3.05, 3.63) is 33.9 Å². The van der Waals surface area contributed by atoms with Gasteiger partial charge in [-0.1, -0.05) is 12.1 Å². The Balaban J connectivity index is 2.24. The van der Waals surface area contributed by atoms with Gasteiger partial charge in [0.15, 0.2) is 5.75 Å². The number of piperazine rings is 1. The minimum absolute atomic E-state index is 0.126. The summed E-state index contributed by atoms with van der Waals surface area (Å²) in [7, 11) is 3.27. The van der Waals surface area contributed by atoms with Crippen LogP contribution >= 0.6 is 0 Å². The van der Waals surface area contributed by atoms with Gasteiger partial charge < -0.3 is 19.6 Å². The van der Waals surface area contributed by atoms with Gasteiger partial charge in [0.1, 0.15) is 6.04 Å². The van der Waals surface area contributed by atoms with Gasteiger partial charge in [0.2, 0.25) is 0 Å². The van der Waals surface area contributed by atoms with Crippen molar-refractivity contribution in [2.45, 2.75) is 19.5 Å². The number of aromatic hydroxyl groups is 1. The third-order valence-corrected chi connectivity index (χ3v) is 4.37. The second-order valence-corrected chi connectivity index (χ2v) is 6.40. The number of esters is 1. The second kappa shape index (κ2) is 8.67. The van der Waals surface area contributed by atoms with E-state index in [9.17, 15) is 24.8 Å². The zero-order chi connectivity index (χ0) is 20.1. The van der Waals surface area contributed by atoms with Crippen molar-refractivity contribution in [1.29, 1.82) is 0 Å². The van der Waals surface area contributed by atoms with Crippen LogP contribution < -0.4 is 0 Å². The summed E-state index contributed by atoms with van der Waals surface area (Å²) in [4.78, 5) is 39.8. The smallest absolute Gasteiger partial charge is 0.325 e. The Hall–Kier alpha value is -2.88. The van der Waals surface area contributed by atoms with E-state index in [4.69, 9.17) is 4.74 Å². The average molecular weight is 380 g/mol. The van der Waals surface area contributed by atoms with E-state index in [1.807, 2.05) is 0 Å². The molecule has 1 aliphatic heterocycles. The third-order valence-electron chi connectivity index (χ3n) is 4.37. The Kier molecular flexibility index (Phi) is 6.56. The van der Waals surface area contributed by atoms with Crippen molar-refractivity contribution in [2.24, 2.45) is 0 Å². The molecule has 1 fully saturated rings. The van der Waals surface area contributed by atoms with Gasteiger partial charge in [-0.15, -0.1) is 0 Å². The van der Waals surface area contributed by atoms with Gasteiger partial charge in [-0.2, -0.15) is 0 Å². The number of nitro benzene ring substituents is 1. The van der Waals surface area contributed by atoms with Crippen LogP contribution in [-0.2, 0) is 16.1 Å². The predicted octanol–water partition coefficient (Wildman–Crippen LogP) is 1.03. The van der Waals surface area contributed by atoms with Crippen molar-refractivity contribution >= 4 is 17.7 Å². The first-order chi connectivity index (χ1) is 12.8. The number of amides is 2. The largest absolute Gasteiger partial charge is 0.502 e. The van der Waals surface area contributed by atoms with Crippen molar-refractivity contribution in [3.63, 3.8) is 0 Å². The molecule has 0 radical (unpaired) electrons. The first-order valence-corrected chi connectivity index (χ1v) is 8.58. The molecule has 2 rings (SSSR count). The minimum atomic E-state index is -0.721. The number of para-hydroxylation sites is 1. The Morgan fingerprint density at radius 1 is 1.37 bits per heavy atom. The lowest BCUT2D eigenvalue weighted by Crippen LogP contribution is -2.59. The van der Waals surface area contributed by atoms with Crippen LogP contribution in [0.5, 0.6) is 5.75 Å². The van der Waals surface area contributed by atoms with Gasteiger partial charge in [-0.3, -0.25) is 19.8 Å². The number of carbonyl (C=O) groups excluding carboxylic acids is 2. The normalized spacial score (nSPS) is 17.4. The maximum atomic E-state index is 12.4. The topological polar surface area (TPSA) is 116 Å². The molecule has 2 amide bonds. The standard InChI is InChI=1S/C17H24N4O6/c1-4-27-16(23)14-11-20(17(24)18(2)3)9-8-19(14)10-12-6-5-7-13(15(12)22)21(25)26/h5-7,14,22H,4,8-11H2,1-3H3. The van der Waals surface area contributed by atoms with Crippen LogP contribution in [0.15, 0.2) is 18.2 Å². The van der Waals surface area contributed by atoms with E-state index in [1.54, 1.807) is 36.9 Å². The summed E-state index contributed by atoms with van der Waals surface area (Å²) in [5.74, 6) is -0.893. The Labute approximate surface area is 157 Å². The number of carbonyl (C=O) groups is 2. The van der Waals surface area contributed by atoms with Crippen LogP contribution in [0.4, 0.5) is 10.5 Å². The molecule has 0 bridgehead atoms. The number of phenolic OH excluding ortho intramolecular Hbond substituents is 1. The number of hydrogen-bond acceptors (Lipinski definition) is 7. The number of rotatable bonds is 5. The maximum Gasteiger partial charge on any atom is 0.325 e. The predicted molar refractivity (Wildman–Crippen MR) is 96.2 cm³/mol. The number of nitro groups is 1. The molecule has 1 unspecified atom stereocenters. The van der Waals surface area contributed by atoms with E-state index in [0.717, 1.165) is 0 Å². The lowest BCUT2D eigenvalue weighted by Gasteiger charge is -2.40. The maximum absolute atomic E-state index is 12.4. The van der Waals surface area contributed by atoms with E-state index < -0.39 is 22.7 Å². The van der Waals surface area contributed by atoms with E-state index >= 15 is 0 Å². The summed E-state index contributed by atoms with van der Waals surface area (Å²) >= 11 is 0. The summed E-state index contributed by atoms with van der Waals surface area (Å²) in [6.45, 7) is 2.92. The molecule has 0 spiro atoms. The number of hydrogen-bond donors (Lipinski definition) is 1. The molecule has 10 heteroatoms. The Bertz CT molecular complexity index is 723. The summed E-state index contributed by atoms with van der Waals surface area (Å²) in [5, 5.41) is 21.2. The zero-order valence-corrected chi connectivity index (χ0v) is 15.6. The van der Waals surface area contributed by atoms with Crippen LogP contribution in [0.3, 0.4) is 0 Å². The van der Waals surface area contributed by atoms with Gasteiger partial charge in [-0.25, -0.2) is 4.79 Å². The molecule has 1 heterocycles. The summed E-state index contributed by atoms with van der Waals surface area (Å²) < 4.78 is 5.13. The fraction of sp³-hybridized carbons (Fsp3) is 0.529. The number of nitrogens with zero attached hydrogens (tertiary/aromatic N) is 4. The van der Waals surface area contributed by atoms with Crippen LogP contribution in [0.2, 0.25) is 0 Å². The molecule has 1 aliphatic rings. The molecule has 0 saturated carbocycles. The fourth-order valence-electron chi connectivity index (χ4n) is 3.00. The first-order valence-electron chi connectivity index (χ1n) is 8.58. The minimum Gasteiger partial charge on any atom is -0.502 e. The van der Waals surface area contributed by atoms with Crippen LogP contribution in [0.25, 0.3) is 0 Å². The molecule has 10 nitrogen and oxygen atoms in total. The molecule has 1 aromatic carbocycles. The van der Waals surface area contributed by atoms with E-state index in [0.29, 0.717) is 18.7 Å². The highest BCUT2D eigenvalue weighted by molar-refractivity contribution is 5.79. The Morgan fingerprint density at radius 3 is 2.67 bits per heavy atom. The van der Waals surface area contributed by atoms with Crippen molar-refractivity contribution in [1.82, 2.24) is 14.7 Å². The lowest BCUT2D eigenvalue weighted by atomic mass is 10.1. The summed E-state index contributed by atoms with van der Waals surface area (Å²) in [6, 6.07) is 3.35. The fourth-order valence-corrected chi connectivity index (χ4v) is 3.00. The number of benzene rings is 1. The van der Waals surface area contributed by atoms with Crippen molar-refractivity contribution < 1.29 is 24.4 Å². The molecule has 0 aliphatic carbocycles. The van der Waals surface area contributed by atoms with E-state index in [1.165, 1.54) is 17.0 Å². The summed E-state index contributed by atoms with van der Waals surface area (Å²) in [6.07, 6.45) is 0. The average Bonchev–Trinajstić information content (AvgIpc) is 2.62. The monoisotopic (exact) mass is 380 g/mol. The number of phenols is 1. The highest BCUT2D eigenvalue weighted by Crippen LogP contribution is 2.31. The SMILES string of the molecule is CCOC(=O)C1CN(C(=O)N(C)C)CCN1Cc1cccc([N+](=O)[O-])c1O. The van der Waals surface area contributed by atoms with Gasteiger partial charge in [-0.05, 0) is 6.92 Å². The molecular formula is C17H24N4O6. The number of ether oxygens (including phenoxy) is 1. The second-order valence-electron chi connectivity index (χ2n) is 6.40. The van der Waals surface area contributed by atoms with Crippen LogP contribution in [0, 0.1) is 10.1 Å². The zero-order valence-electron chi connectivity index (χ0n) is 15.6. The van der Waals surface area contributed by atoms with Gasteiger partial charge in [0.05, 0.1) is 11.5 Å². The highest BCUT2D eigenvalue weighted by atomic mass is 16.6. The van der Waals surface area contributed by atoms with Crippen LogP contribution in [0.1, 0.15) is 12.5 Å². The number of urea groups is 1. The molecule has 1 saturated heterocycles. The Morgan fingerprint density at radius 2 is 2.07 bits per heavy atom. The molecule has 148 valence electrons. The van der Waals surface area contributed by atoms with Crippen molar-refractivity contribution in [3.8, 4) is 5.75 Å². The quantitative estimate of drug-likeness (QED) is 0.461. The highest BCUT2D eigenvalue weighted by Gasteiger charge is 2.36. The van der Waals surface area contributed by atoms with Gasteiger partial charge in [0.25, 0.3) is 0 Å². The molecule has 27 heavy (non-hydrogen) atoms. The molecule has 1 atom stereocenters. The third kappa shape index (κ3) is 4.64. The van der Waals surface area contributed by atoms with Crippen molar-refractivity contribution in [2.75, 3.05) is 40.3 Å².